The Morgan fingerprint density at radius 1 is 0.963 bits per heavy atom. The van der Waals surface area contributed by atoms with Crippen LogP contribution in [0.3, 0.4) is 0 Å². The van der Waals surface area contributed by atoms with Crippen LogP contribution < -0.4 is 4.90 Å². The van der Waals surface area contributed by atoms with Crippen LogP contribution in [0.4, 0.5) is 5.82 Å². The van der Waals surface area contributed by atoms with Crippen LogP contribution in [0.25, 0.3) is 22.9 Å². The molecule has 1 aromatic carbocycles. The van der Waals surface area contributed by atoms with Gasteiger partial charge in [0, 0.05) is 49.0 Å². The molecule has 0 amide bonds. The van der Waals surface area contributed by atoms with Crippen molar-refractivity contribution in [2.24, 2.45) is 0 Å². The van der Waals surface area contributed by atoms with Gasteiger partial charge in [0.25, 0.3) is 5.89 Å². The van der Waals surface area contributed by atoms with Crippen molar-refractivity contribution >= 4 is 17.4 Å². The van der Waals surface area contributed by atoms with E-state index in [1.54, 1.807) is 0 Å². The van der Waals surface area contributed by atoms with E-state index in [-0.39, 0.29) is 0 Å². The third-order valence-corrected chi connectivity index (χ3v) is 5.13. The molecular weight excluding hydrogens is 362 g/mol. The largest absolute Gasteiger partial charge is 0.416 e. The standard InChI is InChI=1S/C20H22ClN5O/c1-14(2)25-10-12-26(13-11-25)18-17(4-3-9-22-18)20-24-23-19(27-20)15-5-7-16(21)8-6-15/h3-9,14H,10-13H2,1-2H3. The molecule has 2 aromatic heterocycles. The molecule has 140 valence electrons. The molecule has 0 N–H and O–H groups in total. The lowest BCUT2D eigenvalue weighted by Gasteiger charge is -2.37. The molecule has 0 spiro atoms. The van der Waals surface area contributed by atoms with Gasteiger partial charge in [-0.2, -0.15) is 0 Å². The molecule has 3 aromatic rings. The minimum absolute atomic E-state index is 0.473. The van der Waals surface area contributed by atoms with E-state index in [0.717, 1.165) is 43.1 Å². The summed E-state index contributed by atoms with van der Waals surface area (Å²) in [4.78, 5) is 9.37. The number of hydrogen-bond acceptors (Lipinski definition) is 6. The Morgan fingerprint density at radius 2 is 1.67 bits per heavy atom. The first-order chi connectivity index (χ1) is 13.1. The number of aromatic nitrogens is 3. The molecule has 0 unspecified atom stereocenters. The Labute approximate surface area is 163 Å². The number of anilines is 1. The van der Waals surface area contributed by atoms with E-state index in [1.807, 2.05) is 42.6 Å². The van der Waals surface area contributed by atoms with Crippen molar-refractivity contribution in [1.29, 1.82) is 0 Å². The van der Waals surface area contributed by atoms with Crippen LogP contribution in [0.5, 0.6) is 0 Å². The summed E-state index contributed by atoms with van der Waals surface area (Å²) < 4.78 is 5.94. The fraction of sp³-hybridized carbons (Fsp3) is 0.350. The second kappa shape index (κ2) is 7.66. The number of benzene rings is 1. The van der Waals surface area contributed by atoms with Gasteiger partial charge in [0.15, 0.2) is 0 Å². The van der Waals surface area contributed by atoms with Crippen molar-refractivity contribution in [1.82, 2.24) is 20.1 Å². The lowest BCUT2D eigenvalue weighted by atomic mass is 10.2. The van der Waals surface area contributed by atoms with E-state index < -0.39 is 0 Å². The maximum atomic E-state index is 5.95. The topological polar surface area (TPSA) is 58.3 Å². The minimum Gasteiger partial charge on any atom is -0.416 e. The second-order valence-electron chi connectivity index (χ2n) is 6.91. The van der Waals surface area contributed by atoms with Crippen LogP contribution in [-0.4, -0.2) is 52.3 Å². The molecule has 3 heterocycles. The SMILES string of the molecule is CC(C)N1CCN(c2ncccc2-c2nnc(-c3ccc(Cl)cc3)o2)CC1. The average molecular weight is 384 g/mol. The van der Waals surface area contributed by atoms with Crippen LogP contribution in [0.15, 0.2) is 47.0 Å². The van der Waals surface area contributed by atoms with Gasteiger partial charge < -0.3 is 9.32 Å². The Kier molecular flexibility index (Phi) is 5.09. The molecule has 0 saturated carbocycles. The van der Waals surface area contributed by atoms with Crippen LogP contribution >= 0.6 is 11.6 Å². The van der Waals surface area contributed by atoms with Gasteiger partial charge in [-0.15, -0.1) is 10.2 Å². The van der Waals surface area contributed by atoms with Gasteiger partial charge in [-0.1, -0.05) is 11.6 Å². The first kappa shape index (κ1) is 17.9. The highest BCUT2D eigenvalue weighted by molar-refractivity contribution is 6.30. The summed E-state index contributed by atoms with van der Waals surface area (Å²) >= 11 is 5.95. The number of pyridine rings is 1. The van der Waals surface area contributed by atoms with Crippen LogP contribution in [-0.2, 0) is 0 Å². The Morgan fingerprint density at radius 3 is 2.37 bits per heavy atom. The highest BCUT2D eigenvalue weighted by atomic mass is 35.5. The normalized spacial score (nSPS) is 15.5. The lowest BCUT2D eigenvalue weighted by molar-refractivity contribution is 0.209. The van der Waals surface area contributed by atoms with Crippen molar-refractivity contribution in [3.05, 3.63) is 47.6 Å². The quantitative estimate of drug-likeness (QED) is 0.679. The molecule has 1 aliphatic heterocycles. The zero-order chi connectivity index (χ0) is 18.8. The van der Waals surface area contributed by atoms with Gasteiger partial charge >= 0.3 is 0 Å². The van der Waals surface area contributed by atoms with Crippen molar-refractivity contribution in [3.8, 4) is 22.9 Å². The molecule has 27 heavy (non-hydrogen) atoms. The van der Waals surface area contributed by atoms with Crippen LogP contribution in [0.2, 0.25) is 5.02 Å². The molecule has 0 radical (unpaired) electrons. The molecule has 1 fully saturated rings. The number of rotatable bonds is 4. The van der Waals surface area contributed by atoms with Crippen molar-refractivity contribution in [2.45, 2.75) is 19.9 Å². The van der Waals surface area contributed by atoms with Crippen molar-refractivity contribution in [2.75, 3.05) is 31.1 Å². The van der Waals surface area contributed by atoms with Crippen LogP contribution in [0.1, 0.15) is 13.8 Å². The van der Waals surface area contributed by atoms with Gasteiger partial charge in [0.2, 0.25) is 5.89 Å². The molecule has 6 nitrogen and oxygen atoms in total. The van der Waals surface area contributed by atoms with Gasteiger partial charge in [-0.25, -0.2) is 4.98 Å². The third-order valence-electron chi connectivity index (χ3n) is 4.88. The predicted octanol–water partition coefficient (Wildman–Crippen LogP) is 3.98. The Bertz CT molecular complexity index is 901. The third kappa shape index (κ3) is 3.82. The molecular formula is C20H22ClN5O. The highest BCUT2D eigenvalue weighted by Crippen LogP contribution is 2.31. The molecule has 0 aliphatic carbocycles. The first-order valence-corrected chi connectivity index (χ1v) is 9.53. The summed E-state index contributed by atoms with van der Waals surface area (Å²) in [6.07, 6.45) is 1.81. The van der Waals surface area contributed by atoms with E-state index in [9.17, 15) is 0 Å². The average Bonchev–Trinajstić information content (AvgIpc) is 3.19. The van der Waals surface area contributed by atoms with Gasteiger partial charge in [0.05, 0.1) is 5.56 Å². The summed E-state index contributed by atoms with van der Waals surface area (Å²) in [5, 5.41) is 9.13. The molecule has 0 atom stereocenters. The number of nitrogens with zero attached hydrogens (tertiary/aromatic N) is 5. The summed E-state index contributed by atoms with van der Waals surface area (Å²) in [6.45, 7) is 8.37. The summed E-state index contributed by atoms with van der Waals surface area (Å²) in [5.74, 6) is 1.85. The number of halogens is 1. The first-order valence-electron chi connectivity index (χ1n) is 9.15. The molecule has 7 heteroatoms. The fourth-order valence-electron chi connectivity index (χ4n) is 3.31. The molecule has 1 aliphatic rings. The minimum atomic E-state index is 0.473. The second-order valence-corrected chi connectivity index (χ2v) is 7.35. The van der Waals surface area contributed by atoms with Crippen molar-refractivity contribution < 1.29 is 4.42 Å². The zero-order valence-corrected chi connectivity index (χ0v) is 16.2. The maximum absolute atomic E-state index is 5.95. The van der Waals surface area contributed by atoms with E-state index in [2.05, 4.69) is 38.8 Å². The van der Waals surface area contributed by atoms with E-state index >= 15 is 0 Å². The van der Waals surface area contributed by atoms with E-state index in [0.29, 0.717) is 22.8 Å². The predicted molar refractivity (Wildman–Crippen MR) is 107 cm³/mol. The summed E-state index contributed by atoms with van der Waals surface area (Å²) in [6, 6.07) is 11.8. The van der Waals surface area contributed by atoms with Gasteiger partial charge in [-0.3, -0.25) is 4.90 Å². The zero-order valence-electron chi connectivity index (χ0n) is 15.5. The van der Waals surface area contributed by atoms with Crippen molar-refractivity contribution in [3.63, 3.8) is 0 Å². The monoisotopic (exact) mass is 383 g/mol. The van der Waals surface area contributed by atoms with E-state index in [4.69, 9.17) is 16.0 Å². The Balaban J connectivity index is 1.59. The summed E-state index contributed by atoms with van der Waals surface area (Å²) in [5.41, 5.74) is 1.71. The lowest BCUT2D eigenvalue weighted by Crippen LogP contribution is -2.49. The Hall–Kier alpha value is -2.44. The highest BCUT2D eigenvalue weighted by Gasteiger charge is 2.23. The smallest absolute Gasteiger partial charge is 0.251 e. The van der Waals surface area contributed by atoms with Gasteiger partial charge in [0.1, 0.15) is 5.82 Å². The molecule has 0 bridgehead atoms. The maximum Gasteiger partial charge on any atom is 0.251 e. The molecule has 4 rings (SSSR count). The summed E-state index contributed by atoms with van der Waals surface area (Å²) in [7, 11) is 0. The van der Waals surface area contributed by atoms with E-state index in [1.165, 1.54) is 0 Å². The number of hydrogen-bond donors (Lipinski definition) is 0. The fourth-order valence-corrected chi connectivity index (χ4v) is 3.43. The number of piperazine rings is 1. The van der Waals surface area contributed by atoms with Gasteiger partial charge in [-0.05, 0) is 50.2 Å². The molecule has 1 saturated heterocycles. The van der Waals surface area contributed by atoms with Crippen LogP contribution in [0, 0.1) is 0 Å².